The number of halogens is 1. The number of rotatable bonds is 1. The van der Waals surface area contributed by atoms with Crippen molar-refractivity contribution in [3.8, 4) is 0 Å². The molecule has 6 heteroatoms. The van der Waals surface area contributed by atoms with Gasteiger partial charge in [-0.05, 0) is 13.8 Å². The Morgan fingerprint density at radius 3 is 1.23 bits per heavy atom. The van der Waals surface area contributed by atoms with Gasteiger partial charge in [-0.25, -0.2) is 0 Å². The molecule has 4 nitrogen and oxygen atoms in total. The topological polar surface area (TPSA) is 80.3 Å². The zero-order valence-corrected chi connectivity index (χ0v) is 10.9. The van der Waals surface area contributed by atoms with E-state index in [-0.39, 0.29) is 0 Å². The van der Waals surface area contributed by atoms with E-state index in [0.717, 1.165) is 13.8 Å². The van der Waals surface area contributed by atoms with Gasteiger partial charge in [0, 0.05) is 11.9 Å². The van der Waals surface area contributed by atoms with Gasteiger partial charge in [0.15, 0.2) is 0 Å². The van der Waals surface area contributed by atoms with E-state index in [2.05, 4.69) is 0 Å². The molecule has 0 saturated heterocycles. The summed E-state index contributed by atoms with van der Waals surface area (Å²) in [6, 6.07) is 0. The van der Waals surface area contributed by atoms with Gasteiger partial charge in [-0.15, -0.1) is 0 Å². The zero-order chi connectivity index (χ0) is 11.4. The quantitative estimate of drug-likeness (QED) is 0.577. The monoisotopic (exact) mass is 300 g/mol. The van der Waals surface area contributed by atoms with Crippen molar-refractivity contribution in [2.24, 2.45) is 0 Å². The van der Waals surface area contributed by atoms with Gasteiger partial charge in [0.1, 0.15) is 0 Å². The van der Waals surface area contributed by atoms with E-state index in [0.29, 0.717) is 3.93 Å². The summed E-state index contributed by atoms with van der Waals surface area (Å²) in [6.07, 6.45) is 0. The van der Waals surface area contributed by atoms with Crippen LogP contribution in [0.4, 0.5) is 2.87 Å². The Morgan fingerprint density at radius 1 is 1.15 bits per heavy atom. The number of carbonyl (C=O) groups excluding carboxylic acids is 2. The van der Waals surface area contributed by atoms with Crippen molar-refractivity contribution in [1.29, 1.82) is 0 Å². The van der Waals surface area contributed by atoms with Crippen LogP contribution in [0.25, 0.3) is 0 Å². The Kier molecular flexibility index (Phi) is 20.2. The van der Waals surface area contributed by atoms with Crippen LogP contribution < -0.4 is 10.2 Å². The van der Waals surface area contributed by atoms with Crippen molar-refractivity contribution in [2.75, 3.05) is 0 Å². The number of hydrogen-bond donors (Lipinski definition) is 0. The maximum atomic E-state index is 11.3. The molecule has 0 N–H and O–H groups in total. The third-order valence-electron chi connectivity index (χ3n) is 0.218. The molecule has 0 spiro atoms. The van der Waals surface area contributed by atoms with Gasteiger partial charge in [0.05, 0.1) is 0 Å². The summed E-state index contributed by atoms with van der Waals surface area (Å²) in [5.74, 6) is -2.17. The summed E-state index contributed by atoms with van der Waals surface area (Å²) in [6.45, 7) is 5.79. The summed E-state index contributed by atoms with van der Waals surface area (Å²) in [7, 11) is 0. The van der Waals surface area contributed by atoms with E-state index >= 15 is 0 Å². The first-order chi connectivity index (χ1) is 5.73. The molecule has 0 saturated carbocycles. The third-order valence-corrected chi connectivity index (χ3v) is 1.46. The van der Waals surface area contributed by atoms with E-state index in [1.54, 1.807) is 0 Å². The molecule has 0 aliphatic heterocycles. The third kappa shape index (κ3) is 392. The van der Waals surface area contributed by atoms with Gasteiger partial charge < -0.3 is 19.8 Å². The molecule has 0 radical (unpaired) electrons. The fourth-order valence-electron chi connectivity index (χ4n) is 0. The predicted molar refractivity (Wildman–Crippen MR) is 43.3 cm³/mol. The Balaban J connectivity index is -0.000000117. The second-order valence-corrected chi connectivity index (χ2v) is 6.17. The summed E-state index contributed by atoms with van der Waals surface area (Å²) >= 11 is -1.37. The summed E-state index contributed by atoms with van der Waals surface area (Å²) < 4.78 is 11.7. The van der Waals surface area contributed by atoms with Crippen LogP contribution in [0.3, 0.4) is 0 Å². The van der Waals surface area contributed by atoms with E-state index in [4.69, 9.17) is 19.8 Å². The fraction of sp³-hybridized carbons (Fsp3) is 0.714. The normalized spacial score (nSPS) is 6.92. The number of hydrogen-bond acceptors (Lipinski definition) is 4. The molecule has 0 atom stereocenters. The molecule has 0 aromatic carbocycles. The van der Waals surface area contributed by atoms with Crippen molar-refractivity contribution in [3.05, 3.63) is 0 Å². The maximum absolute atomic E-state index is 11.3. The number of carboxylic acids is 2. The van der Waals surface area contributed by atoms with Crippen molar-refractivity contribution in [3.63, 3.8) is 0 Å². The first-order valence-electron chi connectivity index (χ1n) is 3.45. The summed E-state index contributed by atoms with van der Waals surface area (Å²) in [4.78, 5) is 17.8. The molecule has 0 bridgehead atoms. The standard InChI is InChI=1S/C3H7.2C2H4O2.FH.Sn/c1-3-2;2*1-2(3)4;;/h3H,1-2H3;2*1H3,(H,3,4);1H;/q;;;;+3/p-3. The molecule has 0 unspecified atom stereocenters. The molecule has 0 heterocycles. The van der Waals surface area contributed by atoms with Gasteiger partial charge in [0.2, 0.25) is 0 Å². The van der Waals surface area contributed by atoms with E-state index in [1.165, 1.54) is 0 Å². The summed E-state index contributed by atoms with van der Waals surface area (Å²) in [5, 5.41) is 17.8. The SMILES string of the molecule is CC(=O)[O-].CC(=O)[O-].C[CH](C)[Sn+2][F]. The molecule has 76 valence electrons. The van der Waals surface area contributed by atoms with Crippen LogP contribution >= 0.6 is 0 Å². The minimum absolute atomic E-state index is 0.388. The van der Waals surface area contributed by atoms with Gasteiger partial charge in [-0.1, -0.05) is 0 Å². The predicted octanol–water partition coefficient (Wildman–Crippen LogP) is -1.08. The van der Waals surface area contributed by atoms with Crippen LogP contribution in [-0.2, 0) is 9.59 Å². The van der Waals surface area contributed by atoms with E-state index < -0.39 is 33.7 Å². The molecule has 0 aliphatic rings. The molecular weight excluding hydrogens is 286 g/mol. The number of carboxylic acid groups (broad SMARTS) is 2. The second-order valence-electron chi connectivity index (χ2n) is 2.25. The minimum atomic E-state index is -1.37. The molecule has 0 aromatic heterocycles. The second kappa shape index (κ2) is 14.2. The number of aliphatic carboxylic acids is 2. The number of carbonyl (C=O) groups is 2. The molecular formula is C7H13FO4Sn. The molecule has 0 aliphatic carbocycles. The zero-order valence-electron chi connectivity index (χ0n) is 8.09. The fourth-order valence-corrected chi connectivity index (χ4v) is 0. The Hall–Kier alpha value is -0.331. The molecule has 0 aromatic rings. The van der Waals surface area contributed by atoms with Crippen molar-refractivity contribution in [2.45, 2.75) is 31.6 Å². The van der Waals surface area contributed by atoms with Gasteiger partial charge in [-0.2, -0.15) is 0 Å². The van der Waals surface area contributed by atoms with Crippen LogP contribution in [0.15, 0.2) is 0 Å². The Morgan fingerprint density at radius 2 is 1.23 bits per heavy atom. The Labute approximate surface area is 88.1 Å². The Bertz CT molecular complexity index is 118. The van der Waals surface area contributed by atoms with E-state index in [1.807, 2.05) is 13.8 Å². The average molecular weight is 299 g/mol. The van der Waals surface area contributed by atoms with Gasteiger partial charge >= 0.3 is 42.4 Å². The van der Waals surface area contributed by atoms with Crippen LogP contribution in [0.5, 0.6) is 0 Å². The van der Waals surface area contributed by atoms with Crippen LogP contribution in [0, 0.1) is 0 Å². The van der Waals surface area contributed by atoms with Gasteiger partial charge in [-0.3, -0.25) is 0 Å². The first-order valence-corrected chi connectivity index (χ1v) is 6.18. The van der Waals surface area contributed by atoms with Crippen LogP contribution in [0.2, 0.25) is 3.93 Å². The first kappa shape index (κ1) is 18.5. The molecule has 13 heavy (non-hydrogen) atoms. The molecule has 0 rings (SSSR count). The van der Waals surface area contributed by atoms with Crippen molar-refractivity contribution < 1.29 is 22.7 Å². The summed E-state index contributed by atoms with van der Waals surface area (Å²) in [5.41, 5.74) is 0. The average Bonchev–Trinajstić information content (AvgIpc) is 1.84. The molecule has 0 amide bonds. The van der Waals surface area contributed by atoms with Crippen LogP contribution in [-0.4, -0.2) is 33.7 Å². The van der Waals surface area contributed by atoms with Crippen LogP contribution in [0.1, 0.15) is 27.7 Å². The van der Waals surface area contributed by atoms with Gasteiger partial charge in [0.25, 0.3) is 0 Å². The van der Waals surface area contributed by atoms with Crippen molar-refractivity contribution >= 4 is 33.7 Å². The van der Waals surface area contributed by atoms with Crippen molar-refractivity contribution in [1.82, 2.24) is 0 Å². The van der Waals surface area contributed by atoms with E-state index in [9.17, 15) is 2.87 Å². The molecule has 0 fully saturated rings.